The van der Waals surface area contributed by atoms with Crippen LogP contribution in [0.1, 0.15) is 26.2 Å². The lowest BCUT2D eigenvalue weighted by molar-refractivity contribution is -0.127. The molecule has 1 saturated carbocycles. The van der Waals surface area contributed by atoms with Crippen molar-refractivity contribution >= 4 is 11.9 Å². The Hall–Kier alpha value is -1.06. The second kappa shape index (κ2) is 3.01. The fourth-order valence-electron chi connectivity index (χ4n) is 1.98. The molecule has 1 atom stereocenters. The van der Waals surface area contributed by atoms with Crippen LogP contribution in [-0.2, 0) is 4.79 Å². The number of hydrogen-bond donors (Lipinski definition) is 1. The molecule has 2 fully saturated rings. The van der Waals surface area contributed by atoms with E-state index in [1.165, 1.54) is 11.3 Å². The molecule has 0 bridgehead atoms. The zero-order valence-corrected chi connectivity index (χ0v) is 7.75. The number of imide groups is 1. The van der Waals surface area contributed by atoms with Crippen molar-refractivity contribution in [3.63, 3.8) is 0 Å². The van der Waals surface area contributed by atoms with E-state index in [9.17, 15) is 9.59 Å². The molecule has 2 aliphatic rings. The van der Waals surface area contributed by atoms with Crippen LogP contribution < -0.4 is 5.32 Å². The highest BCUT2D eigenvalue weighted by Gasteiger charge is 2.38. The summed E-state index contributed by atoms with van der Waals surface area (Å²) in [4.78, 5) is 24.0. The van der Waals surface area contributed by atoms with Crippen LogP contribution in [0.2, 0.25) is 0 Å². The van der Waals surface area contributed by atoms with Crippen molar-refractivity contribution in [1.29, 1.82) is 0 Å². The van der Waals surface area contributed by atoms with E-state index in [1.807, 2.05) is 6.92 Å². The number of amides is 3. The molecule has 72 valence electrons. The second-order valence-electron chi connectivity index (χ2n) is 3.85. The van der Waals surface area contributed by atoms with Gasteiger partial charge in [0, 0.05) is 6.04 Å². The van der Waals surface area contributed by atoms with Crippen LogP contribution in [0.4, 0.5) is 4.79 Å². The van der Waals surface area contributed by atoms with Crippen molar-refractivity contribution in [3.8, 4) is 0 Å². The molecule has 0 radical (unpaired) electrons. The van der Waals surface area contributed by atoms with E-state index in [-0.39, 0.29) is 24.5 Å². The first kappa shape index (κ1) is 8.53. The normalized spacial score (nSPS) is 25.8. The number of nitrogens with zero attached hydrogens (tertiary/aromatic N) is 1. The van der Waals surface area contributed by atoms with Gasteiger partial charge in [-0.2, -0.15) is 0 Å². The summed E-state index contributed by atoms with van der Waals surface area (Å²) in [6, 6.07) is -0.131. The molecule has 1 N–H and O–H groups in total. The molecule has 1 saturated heterocycles. The van der Waals surface area contributed by atoms with Crippen molar-refractivity contribution in [2.75, 3.05) is 6.54 Å². The van der Waals surface area contributed by atoms with E-state index in [1.54, 1.807) is 0 Å². The van der Waals surface area contributed by atoms with Crippen molar-refractivity contribution < 1.29 is 9.59 Å². The quantitative estimate of drug-likeness (QED) is 0.640. The highest BCUT2D eigenvalue weighted by atomic mass is 16.2. The summed E-state index contributed by atoms with van der Waals surface area (Å²) >= 11 is 0. The average molecular weight is 182 g/mol. The average Bonchev–Trinajstić information content (AvgIpc) is 2.27. The van der Waals surface area contributed by atoms with Gasteiger partial charge in [0.05, 0.1) is 6.54 Å². The van der Waals surface area contributed by atoms with Gasteiger partial charge in [-0.1, -0.05) is 6.42 Å². The minimum atomic E-state index is -0.218. The van der Waals surface area contributed by atoms with Gasteiger partial charge in [0.15, 0.2) is 0 Å². The first-order valence-electron chi connectivity index (χ1n) is 4.80. The van der Waals surface area contributed by atoms with E-state index in [0.29, 0.717) is 5.92 Å². The molecule has 0 aromatic carbocycles. The SMILES string of the molecule is CC(C1CCC1)N1C(=O)CNC1=O. The molecule has 4 heteroatoms. The summed E-state index contributed by atoms with van der Waals surface area (Å²) in [7, 11) is 0. The lowest BCUT2D eigenvalue weighted by Crippen LogP contribution is -2.45. The first-order valence-corrected chi connectivity index (χ1v) is 4.80. The van der Waals surface area contributed by atoms with Crippen molar-refractivity contribution in [3.05, 3.63) is 0 Å². The zero-order chi connectivity index (χ0) is 9.42. The largest absolute Gasteiger partial charge is 0.329 e. The summed E-state index contributed by atoms with van der Waals surface area (Å²) in [6.45, 7) is 2.14. The number of rotatable bonds is 2. The zero-order valence-electron chi connectivity index (χ0n) is 7.75. The van der Waals surface area contributed by atoms with Gasteiger partial charge >= 0.3 is 6.03 Å². The van der Waals surface area contributed by atoms with Gasteiger partial charge in [0.1, 0.15) is 0 Å². The molecule has 1 aliphatic carbocycles. The number of carbonyl (C=O) groups excluding carboxylic acids is 2. The van der Waals surface area contributed by atoms with Crippen molar-refractivity contribution in [2.24, 2.45) is 5.92 Å². The Bertz CT molecular complexity index is 232. The van der Waals surface area contributed by atoms with Gasteiger partial charge in [-0.15, -0.1) is 0 Å². The summed E-state index contributed by atoms with van der Waals surface area (Å²) < 4.78 is 0. The maximum Gasteiger partial charge on any atom is 0.324 e. The molecular weight excluding hydrogens is 168 g/mol. The van der Waals surface area contributed by atoms with Crippen molar-refractivity contribution in [2.45, 2.75) is 32.2 Å². The summed E-state index contributed by atoms with van der Waals surface area (Å²) in [5, 5.41) is 2.54. The number of nitrogens with one attached hydrogen (secondary N) is 1. The van der Waals surface area contributed by atoms with Gasteiger partial charge in [-0.05, 0) is 25.7 Å². The van der Waals surface area contributed by atoms with Crippen LogP contribution >= 0.6 is 0 Å². The van der Waals surface area contributed by atoms with E-state index in [2.05, 4.69) is 5.32 Å². The van der Waals surface area contributed by atoms with Crippen LogP contribution in [0.15, 0.2) is 0 Å². The van der Waals surface area contributed by atoms with Gasteiger partial charge in [0.2, 0.25) is 5.91 Å². The smallest absolute Gasteiger partial charge is 0.324 e. The Morgan fingerprint density at radius 3 is 2.54 bits per heavy atom. The predicted molar refractivity (Wildman–Crippen MR) is 47.0 cm³/mol. The number of carbonyl (C=O) groups is 2. The molecular formula is C9H14N2O2. The maximum atomic E-state index is 11.3. The van der Waals surface area contributed by atoms with Gasteiger partial charge in [0.25, 0.3) is 0 Å². The highest BCUT2D eigenvalue weighted by Crippen LogP contribution is 2.32. The van der Waals surface area contributed by atoms with Crippen LogP contribution in [0.5, 0.6) is 0 Å². The summed E-state index contributed by atoms with van der Waals surface area (Å²) in [5.41, 5.74) is 0. The fourth-order valence-corrected chi connectivity index (χ4v) is 1.98. The monoisotopic (exact) mass is 182 g/mol. The fraction of sp³-hybridized carbons (Fsp3) is 0.778. The predicted octanol–water partition coefficient (Wildman–Crippen LogP) is 0.727. The summed E-state index contributed by atoms with van der Waals surface area (Å²) in [6.07, 6.45) is 3.54. The topological polar surface area (TPSA) is 49.4 Å². The minimum Gasteiger partial charge on any atom is -0.329 e. The molecule has 0 aromatic heterocycles. The lowest BCUT2D eigenvalue weighted by atomic mass is 9.80. The van der Waals surface area contributed by atoms with Gasteiger partial charge in [-0.3, -0.25) is 9.69 Å². The highest BCUT2D eigenvalue weighted by molar-refractivity contribution is 6.02. The Balaban J connectivity index is 2.05. The minimum absolute atomic E-state index is 0.0793. The molecule has 1 unspecified atom stereocenters. The van der Waals surface area contributed by atoms with Gasteiger partial charge in [-0.25, -0.2) is 4.79 Å². The molecule has 0 spiro atoms. The lowest BCUT2D eigenvalue weighted by Gasteiger charge is -2.35. The molecule has 0 aromatic rings. The third-order valence-electron chi connectivity index (χ3n) is 3.12. The van der Waals surface area contributed by atoms with E-state index >= 15 is 0 Å². The third kappa shape index (κ3) is 1.30. The van der Waals surface area contributed by atoms with E-state index < -0.39 is 0 Å². The second-order valence-corrected chi connectivity index (χ2v) is 3.85. The molecule has 1 heterocycles. The third-order valence-corrected chi connectivity index (χ3v) is 3.12. The first-order chi connectivity index (χ1) is 6.20. The van der Waals surface area contributed by atoms with Crippen LogP contribution in [0.3, 0.4) is 0 Å². The standard InChI is InChI=1S/C9H14N2O2/c1-6(7-3-2-4-7)11-8(12)5-10-9(11)13/h6-7H,2-5H2,1H3,(H,10,13). The van der Waals surface area contributed by atoms with E-state index in [4.69, 9.17) is 0 Å². The molecule has 13 heavy (non-hydrogen) atoms. The maximum absolute atomic E-state index is 11.3. The Morgan fingerprint density at radius 2 is 2.15 bits per heavy atom. The Morgan fingerprint density at radius 1 is 1.46 bits per heavy atom. The number of urea groups is 1. The van der Waals surface area contributed by atoms with Crippen LogP contribution in [-0.4, -0.2) is 29.4 Å². The molecule has 3 amide bonds. The number of hydrogen-bond acceptors (Lipinski definition) is 2. The van der Waals surface area contributed by atoms with Crippen LogP contribution in [0.25, 0.3) is 0 Å². The summed E-state index contributed by atoms with van der Waals surface area (Å²) in [5.74, 6) is 0.456. The molecule has 1 aliphatic heterocycles. The van der Waals surface area contributed by atoms with E-state index in [0.717, 1.165) is 12.8 Å². The molecule has 4 nitrogen and oxygen atoms in total. The Kier molecular flexibility index (Phi) is 1.98. The van der Waals surface area contributed by atoms with Crippen molar-refractivity contribution in [1.82, 2.24) is 10.2 Å². The van der Waals surface area contributed by atoms with Gasteiger partial charge < -0.3 is 5.32 Å². The Labute approximate surface area is 77.3 Å². The molecule has 2 rings (SSSR count). The van der Waals surface area contributed by atoms with Crippen LogP contribution in [0, 0.1) is 5.92 Å².